The number of nitrogens with zero attached hydrogens (tertiary/aromatic N) is 1. The van der Waals surface area contributed by atoms with Crippen LogP contribution in [0.25, 0.3) is 0 Å². The Labute approximate surface area is 92.6 Å². The second-order valence-electron chi connectivity index (χ2n) is 3.44. The maximum atomic E-state index is 11.9. The number of hydrogen-bond donors (Lipinski definition) is 0. The summed E-state index contributed by atoms with van der Waals surface area (Å²) in [5, 5.41) is 0.922. The summed E-state index contributed by atoms with van der Waals surface area (Å²) in [7, 11) is 0. The number of carbonyl (C=O) groups excluding carboxylic acids is 1. The van der Waals surface area contributed by atoms with Crippen molar-refractivity contribution in [2.45, 2.75) is 13.8 Å². The van der Waals surface area contributed by atoms with Gasteiger partial charge in [-0.3, -0.25) is 4.79 Å². The van der Waals surface area contributed by atoms with Gasteiger partial charge in [-0.25, -0.2) is 4.98 Å². The molecule has 0 saturated carbocycles. The number of ketones is 1. The van der Waals surface area contributed by atoms with E-state index in [1.54, 1.807) is 6.20 Å². The first-order valence-corrected chi connectivity index (χ1v) is 5.52. The highest BCUT2D eigenvalue weighted by molar-refractivity contribution is 7.13. The largest absolute Gasteiger partial charge is 0.288 e. The minimum absolute atomic E-state index is 0.0561. The third-order valence-electron chi connectivity index (χ3n) is 2.16. The average molecular weight is 217 g/mol. The Morgan fingerprint density at radius 1 is 1.20 bits per heavy atom. The molecule has 2 aromatic rings. The van der Waals surface area contributed by atoms with E-state index in [4.69, 9.17) is 0 Å². The van der Waals surface area contributed by atoms with Crippen molar-refractivity contribution in [3.63, 3.8) is 0 Å². The van der Waals surface area contributed by atoms with Gasteiger partial charge in [0.25, 0.3) is 0 Å². The summed E-state index contributed by atoms with van der Waals surface area (Å²) in [5.41, 5.74) is 1.89. The molecule has 0 amide bonds. The molecule has 76 valence electrons. The van der Waals surface area contributed by atoms with Gasteiger partial charge in [0.1, 0.15) is 0 Å². The van der Waals surface area contributed by atoms with Gasteiger partial charge < -0.3 is 0 Å². The summed E-state index contributed by atoms with van der Waals surface area (Å²) in [4.78, 5) is 16.7. The van der Waals surface area contributed by atoms with Crippen molar-refractivity contribution in [2.75, 3.05) is 0 Å². The lowest BCUT2D eigenvalue weighted by atomic mass is 10.1. The fourth-order valence-corrected chi connectivity index (χ4v) is 2.05. The normalized spacial score (nSPS) is 10.3. The molecule has 1 heterocycles. The smallest absolute Gasteiger partial charge is 0.204 e. The van der Waals surface area contributed by atoms with E-state index < -0.39 is 0 Å². The van der Waals surface area contributed by atoms with Crippen molar-refractivity contribution in [3.8, 4) is 0 Å². The van der Waals surface area contributed by atoms with E-state index in [0.717, 1.165) is 16.1 Å². The lowest BCUT2D eigenvalue weighted by Crippen LogP contribution is -1.97. The zero-order chi connectivity index (χ0) is 10.8. The Morgan fingerprint density at radius 3 is 2.40 bits per heavy atom. The number of hydrogen-bond acceptors (Lipinski definition) is 3. The average Bonchev–Trinajstić information content (AvgIpc) is 2.65. The van der Waals surface area contributed by atoms with Gasteiger partial charge >= 0.3 is 0 Å². The Morgan fingerprint density at radius 2 is 1.87 bits per heavy atom. The molecule has 0 N–H and O–H groups in total. The highest BCUT2D eigenvalue weighted by Crippen LogP contribution is 2.16. The van der Waals surface area contributed by atoms with E-state index in [1.807, 2.05) is 38.1 Å². The highest BCUT2D eigenvalue weighted by Gasteiger charge is 2.11. The fraction of sp³-hybridized carbons (Fsp3) is 0.167. The van der Waals surface area contributed by atoms with Crippen molar-refractivity contribution in [1.82, 2.24) is 4.98 Å². The summed E-state index contributed by atoms with van der Waals surface area (Å²) in [5.74, 6) is 0.0561. The molecule has 2 nitrogen and oxygen atoms in total. The van der Waals surface area contributed by atoms with E-state index in [0.29, 0.717) is 4.88 Å². The third-order valence-corrected chi connectivity index (χ3v) is 3.07. The van der Waals surface area contributed by atoms with Crippen LogP contribution >= 0.6 is 11.3 Å². The first-order chi connectivity index (χ1) is 7.16. The number of rotatable bonds is 2. The predicted molar refractivity (Wildman–Crippen MR) is 61.5 cm³/mol. The molecule has 0 aliphatic heterocycles. The Bertz CT molecular complexity index is 485. The number of carbonyl (C=O) groups is 1. The number of benzene rings is 1. The molecule has 15 heavy (non-hydrogen) atoms. The van der Waals surface area contributed by atoms with Gasteiger partial charge in [0.05, 0.1) is 9.88 Å². The number of thiazole rings is 1. The maximum absolute atomic E-state index is 11.9. The third kappa shape index (κ3) is 2.13. The van der Waals surface area contributed by atoms with Crippen LogP contribution in [0.15, 0.2) is 30.5 Å². The van der Waals surface area contributed by atoms with Crippen LogP contribution in [0.4, 0.5) is 0 Å². The quantitative estimate of drug-likeness (QED) is 0.724. The van der Waals surface area contributed by atoms with Gasteiger partial charge in [0.2, 0.25) is 5.78 Å². The van der Waals surface area contributed by atoms with Gasteiger partial charge in [-0.2, -0.15) is 0 Å². The van der Waals surface area contributed by atoms with Crippen LogP contribution in [0.1, 0.15) is 25.8 Å². The zero-order valence-corrected chi connectivity index (χ0v) is 9.47. The van der Waals surface area contributed by atoms with Crippen LogP contribution in [-0.2, 0) is 0 Å². The molecule has 0 aliphatic carbocycles. The lowest BCUT2D eigenvalue weighted by Gasteiger charge is -1.97. The minimum Gasteiger partial charge on any atom is -0.288 e. The zero-order valence-electron chi connectivity index (χ0n) is 8.65. The molecule has 1 aromatic carbocycles. The molecule has 0 saturated heterocycles. The summed E-state index contributed by atoms with van der Waals surface area (Å²) in [6.45, 7) is 3.90. The number of aromatic nitrogens is 1. The Hall–Kier alpha value is -1.48. The fourth-order valence-electron chi connectivity index (χ4n) is 1.31. The van der Waals surface area contributed by atoms with Crippen molar-refractivity contribution >= 4 is 17.1 Å². The van der Waals surface area contributed by atoms with Crippen LogP contribution in [0.3, 0.4) is 0 Å². The predicted octanol–water partition coefficient (Wildman–Crippen LogP) is 2.99. The van der Waals surface area contributed by atoms with Crippen molar-refractivity contribution in [3.05, 3.63) is 51.5 Å². The molecule has 0 aliphatic rings. The van der Waals surface area contributed by atoms with E-state index >= 15 is 0 Å². The summed E-state index contributed by atoms with van der Waals surface area (Å²) < 4.78 is 0. The molecule has 0 unspecified atom stereocenters. The van der Waals surface area contributed by atoms with Gasteiger partial charge in [-0.1, -0.05) is 29.8 Å². The van der Waals surface area contributed by atoms with Crippen LogP contribution in [0.5, 0.6) is 0 Å². The molecule has 0 bridgehead atoms. The molecule has 2 rings (SSSR count). The molecule has 0 spiro atoms. The Kier molecular flexibility index (Phi) is 2.64. The second kappa shape index (κ2) is 3.95. The van der Waals surface area contributed by atoms with Crippen molar-refractivity contribution in [1.29, 1.82) is 0 Å². The first-order valence-electron chi connectivity index (χ1n) is 4.70. The Balaban J connectivity index is 2.32. The second-order valence-corrected chi connectivity index (χ2v) is 4.67. The first kappa shape index (κ1) is 10.1. The molecular weight excluding hydrogens is 206 g/mol. The minimum atomic E-state index is 0.0561. The summed E-state index contributed by atoms with van der Waals surface area (Å²) in [6.07, 6.45) is 1.64. The highest BCUT2D eigenvalue weighted by atomic mass is 32.1. The molecule has 1 aromatic heterocycles. The van der Waals surface area contributed by atoms with Crippen molar-refractivity contribution < 1.29 is 4.79 Å². The molecule has 0 atom stereocenters. The molecule has 3 heteroatoms. The van der Waals surface area contributed by atoms with Gasteiger partial charge in [0.15, 0.2) is 0 Å². The van der Waals surface area contributed by atoms with Crippen LogP contribution < -0.4 is 0 Å². The molecular formula is C12H11NOS. The topological polar surface area (TPSA) is 30.0 Å². The van der Waals surface area contributed by atoms with Gasteiger partial charge in [-0.15, -0.1) is 11.3 Å². The van der Waals surface area contributed by atoms with Crippen LogP contribution in [0.2, 0.25) is 0 Å². The van der Waals surface area contributed by atoms with E-state index in [-0.39, 0.29) is 5.78 Å². The van der Waals surface area contributed by atoms with Crippen LogP contribution in [0, 0.1) is 13.8 Å². The van der Waals surface area contributed by atoms with E-state index in [9.17, 15) is 4.79 Å². The molecule has 0 radical (unpaired) electrons. The number of aryl methyl sites for hydroxylation is 2. The maximum Gasteiger partial charge on any atom is 0.204 e. The van der Waals surface area contributed by atoms with E-state index in [2.05, 4.69) is 4.98 Å². The lowest BCUT2D eigenvalue weighted by molar-refractivity contribution is 0.104. The summed E-state index contributed by atoms with van der Waals surface area (Å²) >= 11 is 1.43. The monoisotopic (exact) mass is 217 g/mol. The van der Waals surface area contributed by atoms with Crippen LogP contribution in [-0.4, -0.2) is 10.8 Å². The standard InChI is InChI=1S/C12H11NOS/c1-8-3-5-10(6-4-8)12(14)11-7-13-9(2)15-11/h3-7H,1-2H3. The van der Waals surface area contributed by atoms with E-state index in [1.165, 1.54) is 11.3 Å². The van der Waals surface area contributed by atoms with Crippen molar-refractivity contribution in [2.24, 2.45) is 0 Å². The van der Waals surface area contributed by atoms with Gasteiger partial charge in [-0.05, 0) is 13.8 Å². The summed E-state index contributed by atoms with van der Waals surface area (Å²) in [6, 6.07) is 7.60. The SMILES string of the molecule is Cc1ccc(C(=O)c2cnc(C)s2)cc1. The molecule has 0 fully saturated rings. The van der Waals surface area contributed by atoms with Gasteiger partial charge in [0, 0.05) is 11.8 Å².